The minimum atomic E-state index is -4.42. The molecule has 1 aromatic heterocycles. The van der Waals surface area contributed by atoms with Crippen molar-refractivity contribution in [2.24, 2.45) is 0 Å². The van der Waals surface area contributed by atoms with E-state index in [1.54, 1.807) is 18.2 Å². The van der Waals surface area contributed by atoms with Gasteiger partial charge in [-0.25, -0.2) is 4.98 Å². The van der Waals surface area contributed by atoms with Gasteiger partial charge >= 0.3 is 6.18 Å². The van der Waals surface area contributed by atoms with Gasteiger partial charge in [-0.15, -0.1) is 0 Å². The summed E-state index contributed by atoms with van der Waals surface area (Å²) in [5.74, 6) is 0.425. The van der Waals surface area contributed by atoms with Crippen LogP contribution in [0.15, 0.2) is 53.3 Å². The number of aromatic nitrogens is 3. The highest BCUT2D eigenvalue weighted by Gasteiger charge is 2.31. The number of benzene rings is 2. The Morgan fingerprint density at radius 3 is 2.65 bits per heavy atom. The lowest BCUT2D eigenvalue weighted by Gasteiger charge is -2.19. The normalized spacial score (nSPS) is 13.0. The highest BCUT2D eigenvalue weighted by molar-refractivity contribution is 9.10. The number of nitrogens with zero attached hydrogens (tertiary/aromatic N) is 2. The summed E-state index contributed by atoms with van der Waals surface area (Å²) in [7, 11) is 0. The molecule has 136 valence electrons. The second kappa shape index (κ2) is 7.77. The minimum absolute atomic E-state index is 0.388. The molecule has 0 bridgehead atoms. The standard InChI is InChI=1S/C17H13BrClF3N4/c18-14-7-13(19)5-4-11(14)8-23-15(16-24-9-25-26-16)10-2-1-3-12(6-10)17(20,21)22/h1-7,9,15,23H,8H2,(H,24,25,26)/t15-/m0/s1. The van der Waals surface area contributed by atoms with Crippen LogP contribution in [0, 0.1) is 0 Å². The van der Waals surface area contributed by atoms with Crippen molar-refractivity contribution >= 4 is 27.5 Å². The third kappa shape index (κ3) is 4.44. The average Bonchev–Trinajstić information content (AvgIpc) is 3.11. The molecule has 0 radical (unpaired) electrons. The van der Waals surface area contributed by atoms with Crippen molar-refractivity contribution in [3.63, 3.8) is 0 Å². The molecule has 3 rings (SSSR count). The van der Waals surface area contributed by atoms with Crippen LogP contribution < -0.4 is 5.32 Å². The Bertz CT molecular complexity index is 884. The first-order valence-corrected chi connectivity index (χ1v) is 8.71. The molecule has 0 aliphatic rings. The van der Waals surface area contributed by atoms with E-state index in [0.29, 0.717) is 23.0 Å². The van der Waals surface area contributed by atoms with E-state index in [1.807, 2.05) is 6.07 Å². The molecule has 26 heavy (non-hydrogen) atoms. The van der Waals surface area contributed by atoms with Crippen molar-refractivity contribution in [3.05, 3.63) is 80.8 Å². The molecule has 0 saturated heterocycles. The van der Waals surface area contributed by atoms with Gasteiger partial charge in [0.25, 0.3) is 0 Å². The third-order valence-electron chi connectivity index (χ3n) is 3.77. The second-order valence-corrected chi connectivity index (χ2v) is 6.83. The first-order valence-electron chi connectivity index (χ1n) is 7.54. The van der Waals surface area contributed by atoms with Gasteiger partial charge in [-0.3, -0.25) is 10.4 Å². The Labute approximate surface area is 160 Å². The van der Waals surface area contributed by atoms with E-state index in [0.717, 1.165) is 22.2 Å². The van der Waals surface area contributed by atoms with E-state index in [-0.39, 0.29) is 0 Å². The van der Waals surface area contributed by atoms with Gasteiger partial charge in [0, 0.05) is 16.0 Å². The van der Waals surface area contributed by atoms with E-state index < -0.39 is 17.8 Å². The zero-order valence-electron chi connectivity index (χ0n) is 13.2. The van der Waals surface area contributed by atoms with Gasteiger partial charge in [0.05, 0.1) is 11.6 Å². The van der Waals surface area contributed by atoms with Crippen molar-refractivity contribution in [2.75, 3.05) is 0 Å². The van der Waals surface area contributed by atoms with Crippen LogP contribution in [0.2, 0.25) is 5.02 Å². The lowest BCUT2D eigenvalue weighted by Crippen LogP contribution is -2.24. The molecular weight excluding hydrogens is 433 g/mol. The molecule has 4 nitrogen and oxygen atoms in total. The second-order valence-electron chi connectivity index (χ2n) is 5.54. The summed E-state index contributed by atoms with van der Waals surface area (Å²) < 4.78 is 39.9. The van der Waals surface area contributed by atoms with Crippen molar-refractivity contribution in [3.8, 4) is 0 Å². The van der Waals surface area contributed by atoms with E-state index in [2.05, 4.69) is 36.4 Å². The SMILES string of the molecule is FC(F)(F)c1cccc([C@H](NCc2ccc(Cl)cc2Br)c2ncn[nH]2)c1. The van der Waals surface area contributed by atoms with Gasteiger partial charge in [0.1, 0.15) is 12.2 Å². The van der Waals surface area contributed by atoms with Gasteiger partial charge in [0.15, 0.2) is 0 Å². The zero-order valence-corrected chi connectivity index (χ0v) is 15.5. The smallest absolute Gasteiger partial charge is 0.299 e. The summed E-state index contributed by atoms with van der Waals surface area (Å²) in [6.07, 6.45) is -3.10. The maximum absolute atomic E-state index is 13.0. The van der Waals surface area contributed by atoms with Crippen LogP contribution in [0.5, 0.6) is 0 Å². The van der Waals surface area contributed by atoms with Gasteiger partial charge in [-0.1, -0.05) is 45.7 Å². The first kappa shape index (κ1) is 18.9. The van der Waals surface area contributed by atoms with E-state index in [1.165, 1.54) is 12.4 Å². The number of halogens is 5. The Hall–Kier alpha value is -1.90. The topological polar surface area (TPSA) is 53.6 Å². The number of aromatic amines is 1. The molecule has 9 heteroatoms. The average molecular weight is 446 g/mol. The molecule has 0 spiro atoms. The third-order valence-corrected chi connectivity index (χ3v) is 4.74. The summed E-state index contributed by atoms with van der Waals surface area (Å²) in [4.78, 5) is 4.09. The maximum atomic E-state index is 13.0. The highest BCUT2D eigenvalue weighted by atomic mass is 79.9. The van der Waals surface area contributed by atoms with Crippen molar-refractivity contribution < 1.29 is 13.2 Å². The number of hydrogen-bond donors (Lipinski definition) is 2. The number of alkyl halides is 3. The number of H-pyrrole nitrogens is 1. The lowest BCUT2D eigenvalue weighted by atomic mass is 10.0. The van der Waals surface area contributed by atoms with Gasteiger partial charge in [0.2, 0.25) is 0 Å². The molecule has 0 saturated carbocycles. The molecule has 0 amide bonds. The van der Waals surface area contributed by atoms with Crippen LogP contribution in [0.4, 0.5) is 13.2 Å². The Morgan fingerprint density at radius 2 is 2.00 bits per heavy atom. The van der Waals surface area contributed by atoms with E-state index in [9.17, 15) is 13.2 Å². The summed E-state index contributed by atoms with van der Waals surface area (Å²) in [5, 5.41) is 10.3. The molecule has 0 aliphatic heterocycles. The molecule has 1 heterocycles. The van der Waals surface area contributed by atoms with Crippen molar-refractivity contribution in [2.45, 2.75) is 18.8 Å². The van der Waals surface area contributed by atoms with E-state index in [4.69, 9.17) is 11.6 Å². The highest BCUT2D eigenvalue weighted by Crippen LogP contribution is 2.32. The largest absolute Gasteiger partial charge is 0.416 e. The Kier molecular flexibility index (Phi) is 5.64. The van der Waals surface area contributed by atoms with Crippen LogP contribution in [0.25, 0.3) is 0 Å². The van der Waals surface area contributed by atoms with Gasteiger partial charge in [-0.05, 0) is 35.4 Å². The fraction of sp³-hybridized carbons (Fsp3) is 0.176. The van der Waals surface area contributed by atoms with Crippen LogP contribution >= 0.6 is 27.5 Å². The van der Waals surface area contributed by atoms with Crippen LogP contribution in [-0.2, 0) is 12.7 Å². The summed E-state index contributed by atoms with van der Waals surface area (Å²) >= 11 is 9.37. The molecule has 0 unspecified atom stereocenters. The Balaban J connectivity index is 1.89. The van der Waals surface area contributed by atoms with Crippen molar-refractivity contribution in [1.29, 1.82) is 0 Å². The van der Waals surface area contributed by atoms with Gasteiger partial charge in [-0.2, -0.15) is 18.3 Å². The minimum Gasteiger partial charge on any atom is -0.299 e. The fourth-order valence-corrected chi connectivity index (χ4v) is 3.32. The molecule has 1 atom stereocenters. The maximum Gasteiger partial charge on any atom is 0.416 e. The predicted molar refractivity (Wildman–Crippen MR) is 95.7 cm³/mol. The summed E-state index contributed by atoms with van der Waals surface area (Å²) in [5.41, 5.74) is 0.626. The van der Waals surface area contributed by atoms with Crippen molar-refractivity contribution in [1.82, 2.24) is 20.5 Å². The lowest BCUT2D eigenvalue weighted by molar-refractivity contribution is -0.137. The van der Waals surface area contributed by atoms with Crippen LogP contribution in [0.3, 0.4) is 0 Å². The van der Waals surface area contributed by atoms with Crippen LogP contribution in [0.1, 0.15) is 28.6 Å². The molecule has 0 fully saturated rings. The molecule has 2 N–H and O–H groups in total. The number of rotatable bonds is 5. The monoisotopic (exact) mass is 444 g/mol. The predicted octanol–water partition coefficient (Wildman–Crippen LogP) is 5.12. The first-order chi connectivity index (χ1) is 12.3. The molecule has 2 aromatic carbocycles. The fourth-order valence-electron chi connectivity index (χ4n) is 2.50. The molecule has 3 aromatic rings. The zero-order chi connectivity index (χ0) is 18.7. The van der Waals surface area contributed by atoms with E-state index >= 15 is 0 Å². The van der Waals surface area contributed by atoms with Gasteiger partial charge < -0.3 is 0 Å². The van der Waals surface area contributed by atoms with Crippen LogP contribution in [-0.4, -0.2) is 15.2 Å². The molecular formula is C17H13BrClF3N4. The quantitative estimate of drug-likeness (QED) is 0.573. The molecule has 0 aliphatic carbocycles. The number of nitrogens with one attached hydrogen (secondary N) is 2. The Morgan fingerprint density at radius 1 is 1.19 bits per heavy atom. The summed E-state index contributed by atoms with van der Waals surface area (Å²) in [6, 6.07) is 9.90. The number of hydrogen-bond acceptors (Lipinski definition) is 3. The summed E-state index contributed by atoms with van der Waals surface area (Å²) in [6.45, 7) is 0.388.